The number of nitrogens with two attached hydrogens (primary N) is 1. The summed E-state index contributed by atoms with van der Waals surface area (Å²) in [4.78, 5) is 40.1. The molecular weight excluding hydrogens is 444 g/mol. The lowest BCUT2D eigenvalue weighted by Crippen LogP contribution is -2.31. The number of allylic oxidation sites excluding steroid dienone is 1. The van der Waals surface area contributed by atoms with Gasteiger partial charge in [-0.3, -0.25) is 14.4 Å². The molecule has 0 spiro atoms. The van der Waals surface area contributed by atoms with Crippen LogP contribution >= 0.6 is 11.8 Å². The van der Waals surface area contributed by atoms with E-state index in [1.807, 2.05) is 24.3 Å². The van der Waals surface area contributed by atoms with Crippen LogP contribution < -0.4 is 10.6 Å². The Morgan fingerprint density at radius 2 is 1.74 bits per heavy atom. The summed E-state index contributed by atoms with van der Waals surface area (Å²) in [5, 5.41) is -0.499. The Balaban J connectivity index is 1.42. The van der Waals surface area contributed by atoms with Gasteiger partial charge in [0.1, 0.15) is 0 Å². The summed E-state index contributed by atoms with van der Waals surface area (Å²) in [5.74, 6) is -0.205. The molecule has 4 rings (SSSR count). The Bertz CT molecular complexity index is 1250. The van der Waals surface area contributed by atoms with Gasteiger partial charge in [0.25, 0.3) is 0 Å². The van der Waals surface area contributed by atoms with E-state index < -0.39 is 5.25 Å². The highest BCUT2D eigenvalue weighted by molar-refractivity contribution is 8.00. The summed E-state index contributed by atoms with van der Waals surface area (Å²) in [6.07, 6.45) is 3.44. The maximum atomic E-state index is 12.9. The van der Waals surface area contributed by atoms with Crippen LogP contribution in [0.4, 0.5) is 11.4 Å². The number of rotatable bonds is 7. The van der Waals surface area contributed by atoms with Gasteiger partial charge in [-0.15, -0.1) is 11.8 Å². The van der Waals surface area contributed by atoms with Crippen LogP contribution in [0.25, 0.3) is 6.08 Å². The maximum Gasteiger partial charge on any atom is 0.247 e. The lowest BCUT2D eigenvalue weighted by Gasteiger charge is -2.15. The van der Waals surface area contributed by atoms with Crippen LogP contribution in [0.2, 0.25) is 0 Å². The molecule has 172 valence electrons. The highest BCUT2D eigenvalue weighted by Crippen LogP contribution is 2.34. The molecule has 1 unspecified atom stereocenters. The number of anilines is 2. The van der Waals surface area contributed by atoms with E-state index in [1.54, 1.807) is 42.5 Å². The molecule has 1 aliphatic heterocycles. The lowest BCUT2D eigenvalue weighted by molar-refractivity contribution is -0.121. The van der Waals surface area contributed by atoms with Gasteiger partial charge < -0.3 is 5.73 Å². The number of thioether (sulfide) groups is 1. The van der Waals surface area contributed by atoms with Crippen molar-refractivity contribution < 1.29 is 14.4 Å². The number of nitrogens with zero attached hydrogens (tertiary/aromatic N) is 1. The van der Waals surface area contributed by atoms with Gasteiger partial charge in [-0.25, -0.2) is 4.90 Å². The molecule has 3 aromatic carbocycles. The van der Waals surface area contributed by atoms with Gasteiger partial charge in [-0.2, -0.15) is 0 Å². The first-order chi connectivity index (χ1) is 16.3. The second-order valence-electron chi connectivity index (χ2n) is 8.52. The van der Waals surface area contributed by atoms with Gasteiger partial charge in [0.2, 0.25) is 11.8 Å². The molecule has 0 saturated carbocycles. The van der Waals surface area contributed by atoms with Crippen LogP contribution in [0.5, 0.6) is 0 Å². The number of amides is 2. The van der Waals surface area contributed by atoms with Crippen molar-refractivity contribution in [3.8, 4) is 0 Å². The standard InChI is InChI=1S/C28H26N2O3S/c1-18(2)20-9-6-19(7-10-20)8-15-25(31)21-11-13-23(14-12-21)30-27(32)17-26(28(30)33)34-24-5-3-4-22(29)16-24/h3-16,18,26H,17,29H2,1-2H3/b15-8+. The van der Waals surface area contributed by atoms with Gasteiger partial charge in [0.15, 0.2) is 5.78 Å². The first-order valence-electron chi connectivity index (χ1n) is 11.1. The number of ketones is 1. The predicted molar refractivity (Wildman–Crippen MR) is 138 cm³/mol. The topological polar surface area (TPSA) is 80.5 Å². The molecule has 0 bridgehead atoms. The van der Waals surface area contributed by atoms with E-state index in [4.69, 9.17) is 5.73 Å². The Kier molecular flexibility index (Phi) is 6.98. The number of imide groups is 1. The van der Waals surface area contributed by atoms with Crippen molar-refractivity contribution in [2.45, 2.75) is 36.3 Å². The van der Waals surface area contributed by atoms with Crippen molar-refractivity contribution in [1.82, 2.24) is 0 Å². The molecule has 2 N–H and O–H groups in total. The molecule has 1 aliphatic rings. The minimum atomic E-state index is -0.499. The van der Waals surface area contributed by atoms with E-state index in [2.05, 4.69) is 26.0 Å². The Labute approximate surface area is 203 Å². The molecule has 0 radical (unpaired) electrons. The summed E-state index contributed by atoms with van der Waals surface area (Å²) < 4.78 is 0. The van der Waals surface area contributed by atoms with E-state index in [0.717, 1.165) is 10.5 Å². The number of hydrogen-bond donors (Lipinski definition) is 1. The first kappa shape index (κ1) is 23.5. The second-order valence-corrected chi connectivity index (χ2v) is 9.79. The summed E-state index contributed by atoms with van der Waals surface area (Å²) in [6.45, 7) is 4.28. The second kappa shape index (κ2) is 10.1. The molecule has 6 heteroatoms. The predicted octanol–water partition coefficient (Wildman–Crippen LogP) is 5.71. The first-order valence-corrected chi connectivity index (χ1v) is 12.0. The van der Waals surface area contributed by atoms with E-state index in [9.17, 15) is 14.4 Å². The van der Waals surface area contributed by atoms with Crippen molar-refractivity contribution >= 4 is 46.8 Å². The Morgan fingerprint density at radius 3 is 2.38 bits per heavy atom. The third-order valence-corrected chi connectivity index (χ3v) is 6.86. The smallest absolute Gasteiger partial charge is 0.247 e. The van der Waals surface area contributed by atoms with E-state index >= 15 is 0 Å². The van der Waals surface area contributed by atoms with E-state index in [1.165, 1.54) is 28.3 Å². The van der Waals surface area contributed by atoms with Crippen molar-refractivity contribution in [3.05, 3.63) is 95.6 Å². The minimum Gasteiger partial charge on any atom is -0.399 e. The number of benzene rings is 3. The normalized spacial score (nSPS) is 16.1. The van der Waals surface area contributed by atoms with Crippen LogP contribution in [-0.4, -0.2) is 22.8 Å². The summed E-state index contributed by atoms with van der Waals surface area (Å²) in [6, 6.07) is 21.9. The zero-order valence-electron chi connectivity index (χ0n) is 19.1. The number of nitrogen functional groups attached to an aromatic ring is 1. The average Bonchev–Trinajstić information content (AvgIpc) is 3.10. The fraction of sp³-hybridized carbons (Fsp3) is 0.179. The van der Waals surface area contributed by atoms with Crippen LogP contribution in [0, 0.1) is 0 Å². The van der Waals surface area contributed by atoms with Gasteiger partial charge in [0.05, 0.1) is 10.9 Å². The number of carbonyl (C=O) groups is 3. The maximum absolute atomic E-state index is 12.9. The molecule has 1 heterocycles. The van der Waals surface area contributed by atoms with Crippen LogP contribution in [0.1, 0.15) is 47.7 Å². The molecule has 0 aromatic heterocycles. The zero-order valence-corrected chi connectivity index (χ0v) is 19.9. The van der Waals surface area contributed by atoms with Crippen LogP contribution in [0.15, 0.2) is 83.8 Å². The summed E-state index contributed by atoms with van der Waals surface area (Å²) in [7, 11) is 0. The third-order valence-electron chi connectivity index (χ3n) is 5.68. The molecule has 1 saturated heterocycles. The SMILES string of the molecule is CC(C)c1ccc(/C=C/C(=O)c2ccc(N3C(=O)CC(Sc4cccc(N)c4)C3=O)cc2)cc1. The van der Waals surface area contributed by atoms with Gasteiger partial charge in [-0.1, -0.05) is 50.3 Å². The molecule has 1 atom stereocenters. The van der Waals surface area contributed by atoms with Gasteiger partial charge >= 0.3 is 0 Å². The van der Waals surface area contributed by atoms with Crippen molar-refractivity contribution in [2.75, 3.05) is 10.6 Å². The van der Waals surface area contributed by atoms with Gasteiger partial charge in [-0.05, 0) is 65.6 Å². The third kappa shape index (κ3) is 5.29. The van der Waals surface area contributed by atoms with E-state index in [0.29, 0.717) is 22.9 Å². The molecule has 0 aliphatic carbocycles. The fourth-order valence-electron chi connectivity index (χ4n) is 3.75. The molecule has 3 aromatic rings. The fourth-order valence-corrected chi connectivity index (χ4v) is 4.88. The molecular formula is C28H26N2O3S. The Hall–Kier alpha value is -3.64. The zero-order chi connectivity index (χ0) is 24.2. The lowest BCUT2D eigenvalue weighted by atomic mass is 10.0. The monoisotopic (exact) mass is 470 g/mol. The van der Waals surface area contributed by atoms with Crippen LogP contribution in [0.3, 0.4) is 0 Å². The minimum absolute atomic E-state index is 0.122. The average molecular weight is 471 g/mol. The number of hydrogen-bond acceptors (Lipinski definition) is 5. The summed E-state index contributed by atoms with van der Waals surface area (Å²) in [5.41, 5.74) is 9.58. The Morgan fingerprint density at radius 1 is 1.03 bits per heavy atom. The number of carbonyl (C=O) groups excluding carboxylic acids is 3. The van der Waals surface area contributed by atoms with Crippen molar-refractivity contribution in [2.24, 2.45) is 0 Å². The van der Waals surface area contributed by atoms with Crippen LogP contribution in [-0.2, 0) is 9.59 Å². The highest BCUT2D eigenvalue weighted by atomic mass is 32.2. The van der Waals surface area contributed by atoms with Crippen molar-refractivity contribution in [1.29, 1.82) is 0 Å². The largest absolute Gasteiger partial charge is 0.399 e. The molecule has 34 heavy (non-hydrogen) atoms. The van der Waals surface area contributed by atoms with E-state index in [-0.39, 0.29) is 24.0 Å². The van der Waals surface area contributed by atoms with Crippen molar-refractivity contribution in [3.63, 3.8) is 0 Å². The molecule has 5 nitrogen and oxygen atoms in total. The molecule has 2 amide bonds. The quantitative estimate of drug-likeness (QED) is 0.207. The molecule has 1 fully saturated rings. The highest BCUT2D eigenvalue weighted by Gasteiger charge is 2.40. The van der Waals surface area contributed by atoms with Gasteiger partial charge in [0, 0.05) is 22.6 Å². The summed E-state index contributed by atoms with van der Waals surface area (Å²) >= 11 is 1.34.